The molecule has 10 heteroatoms. The Morgan fingerprint density at radius 1 is 1.08 bits per heavy atom. The van der Waals surface area contributed by atoms with Gasteiger partial charge in [-0.05, 0) is 18.2 Å². The van der Waals surface area contributed by atoms with Gasteiger partial charge in [-0.15, -0.1) is 0 Å². The van der Waals surface area contributed by atoms with Crippen molar-refractivity contribution < 1.29 is 9.72 Å². The number of aliphatic imine (C=N–C) groups is 2. The molecule has 0 aliphatic carbocycles. The second kappa shape index (κ2) is 7.55. The van der Waals surface area contributed by atoms with Crippen molar-refractivity contribution in [3.63, 3.8) is 0 Å². The van der Waals surface area contributed by atoms with Crippen molar-refractivity contribution in [2.45, 2.75) is 0 Å². The lowest BCUT2D eigenvalue weighted by Gasteiger charge is -2.08. The van der Waals surface area contributed by atoms with Gasteiger partial charge in [0.1, 0.15) is 0 Å². The van der Waals surface area contributed by atoms with Crippen LogP contribution in [0.3, 0.4) is 0 Å². The Morgan fingerprint density at radius 3 is 2.36 bits per heavy atom. The third kappa shape index (κ3) is 4.76. The maximum atomic E-state index is 12.5. The number of benzene rings is 2. The number of anilines is 1. The number of non-ortho nitro benzene ring substituents is 1. The van der Waals surface area contributed by atoms with E-state index < -0.39 is 10.8 Å². The van der Waals surface area contributed by atoms with Crippen LogP contribution in [0.25, 0.3) is 0 Å². The molecule has 0 saturated heterocycles. The Labute approximate surface area is 142 Å². The normalized spacial score (nSPS) is 10.8. The number of hydrogen-bond acceptors (Lipinski definition) is 4. The van der Waals surface area contributed by atoms with Crippen LogP contribution in [0, 0.1) is 10.1 Å². The largest absolute Gasteiger partial charge is 0.370 e. The van der Waals surface area contributed by atoms with Crippen molar-refractivity contribution in [3.05, 3.63) is 64.2 Å². The van der Waals surface area contributed by atoms with Gasteiger partial charge in [0, 0.05) is 17.8 Å². The molecule has 0 spiro atoms. The number of hydrogen-bond donors (Lipinski definition) is 4. The van der Waals surface area contributed by atoms with Crippen LogP contribution in [0.15, 0.2) is 58.5 Å². The van der Waals surface area contributed by atoms with E-state index in [1.165, 1.54) is 12.1 Å². The minimum Gasteiger partial charge on any atom is -0.370 e. The number of nitrogens with one attached hydrogen (secondary N) is 1. The first kappa shape index (κ1) is 17.4. The van der Waals surface area contributed by atoms with Crippen molar-refractivity contribution in [1.29, 1.82) is 0 Å². The first-order valence-corrected chi connectivity index (χ1v) is 6.95. The van der Waals surface area contributed by atoms with Crippen LogP contribution in [-0.4, -0.2) is 22.7 Å². The number of nitro groups is 1. The van der Waals surface area contributed by atoms with Gasteiger partial charge in [0.15, 0.2) is 5.96 Å². The number of carbonyl (C=O) groups excluding carboxylic acids is 1. The molecule has 0 atom stereocenters. The third-order valence-electron chi connectivity index (χ3n) is 2.95. The summed E-state index contributed by atoms with van der Waals surface area (Å²) in [6.07, 6.45) is 0. The molecule has 0 heterocycles. The number of para-hydroxylation sites is 1. The molecule has 1 amide bonds. The van der Waals surface area contributed by atoms with Crippen LogP contribution in [0.5, 0.6) is 0 Å². The van der Waals surface area contributed by atoms with Crippen LogP contribution in [0.4, 0.5) is 17.1 Å². The van der Waals surface area contributed by atoms with Crippen LogP contribution >= 0.6 is 0 Å². The molecule has 128 valence electrons. The summed E-state index contributed by atoms with van der Waals surface area (Å²) in [5.74, 6) is -1.19. The van der Waals surface area contributed by atoms with Gasteiger partial charge >= 0.3 is 0 Å². The number of guanidine groups is 2. The molecule has 0 aromatic heterocycles. The monoisotopic (exact) mass is 341 g/mol. The van der Waals surface area contributed by atoms with Crippen LogP contribution < -0.4 is 22.5 Å². The quantitative estimate of drug-likeness (QED) is 0.280. The number of amides is 1. The summed E-state index contributed by atoms with van der Waals surface area (Å²) >= 11 is 0. The summed E-state index contributed by atoms with van der Waals surface area (Å²) in [5, 5.41) is 13.6. The number of nitrogens with zero attached hydrogens (tertiary/aromatic N) is 3. The van der Waals surface area contributed by atoms with Gasteiger partial charge in [0.25, 0.3) is 11.6 Å². The number of carbonyl (C=O) groups is 1. The zero-order valence-electron chi connectivity index (χ0n) is 12.9. The molecule has 0 radical (unpaired) electrons. The highest BCUT2D eigenvalue weighted by Gasteiger charge is 2.17. The molecule has 0 fully saturated rings. The van der Waals surface area contributed by atoms with Crippen LogP contribution in [0.1, 0.15) is 10.4 Å². The summed E-state index contributed by atoms with van der Waals surface area (Å²) in [7, 11) is 0. The molecule has 0 bridgehead atoms. The molecule has 0 saturated carbocycles. The van der Waals surface area contributed by atoms with E-state index in [1.807, 2.05) is 0 Å². The standard InChI is InChI=1S/C15H15N7O3/c16-14(17)21-15(18)20-12-7-6-10(22(24)25)8-11(12)13(23)19-9-4-2-1-3-5-9/h1-8H,(H,19,23)(H6,16,17,18,20,21). The minimum absolute atomic E-state index is 0.0493. The predicted octanol–water partition coefficient (Wildman–Crippen LogP) is 1.07. The lowest BCUT2D eigenvalue weighted by molar-refractivity contribution is -0.384. The van der Waals surface area contributed by atoms with E-state index in [1.54, 1.807) is 30.3 Å². The van der Waals surface area contributed by atoms with Crippen molar-refractivity contribution >= 4 is 34.9 Å². The highest BCUT2D eigenvalue weighted by Crippen LogP contribution is 2.25. The number of rotatable bonds is 4. The van der Waals surface area contributed by atoms with E-state index in [4.69, 9.17) is 17.2 Å². The Balaban J connectivity index is 2.45. The molecular weight excluding hydrogens is 326 g/mol. The van der Waals surface area contributed by atoms with Gasteiger partial charge in [-0.3, -0.25) is 14.9 Å². The average Bonchev–Trinajstić information content (AvgIpc) is 2.55. The summed E-state index contributed by atoms with van der Waals surface area (Å²) in [6.45, 7) is 0. The van der Waals surface area contributed by atoms with E-state index in [-0.39, 0.29) is 28.9 Å². The highest BCUT2D eigenvalue weighted by atomic mass is 16.6. The zero-order valence-corrected chi connectivity index (χ0v) is 12.9. The molecule has 2 rings (SSSR count). The topological polar surface area (TPSA) is 175 Å². The maximum Gasteiger partial charge on any atom is 0.270 e. The molecule has 2 aromatic rings. The molecule has 10 nitrogen and oxygen atoms in total. The summed E-state index contributed by atoms with van der Waals surface area (Å²) < 4.78 is 0. The number of nitrogens with two attached hydrogens (primary N) is 3. The predicted molar refractivity (Wildman–Crippen MR) is 94.6 cm³/mol. The molecular formula is C15H15N7O3. The van der Waals surface area contributed by atoms with Gasteiger partial charge in [0.05, 0.1) is 16.2 Å². The molecule has 25 heavy (non-hydrogen) atoms. The van der Waals surface area contributed by atoms with Crippen molar-refractivity contribution in [2.75, 3.05) is 5.32 Å². The summed E-state index contributed by atoms with van der Waals surface area (Å²) in [4.78, 5) is 30.3. The Morgan fingerprint density at radius 2 is 1.76 bits per heavy atom. The van der Waals surface area contributed by atoms with Crippen molar-refractivity contribution in [3.8, 4) is 0 Å². The Kier molecular flexibility index (Phi) is 5.25. The fourth-order valence-electron chi connectivity index (χ4n) is 1.92. The van der Waals surface area contributed by atoms with Crippen molar-refractivity contribution in [1.82, 2.24) is 0 Å². The van der Waals surface area contributed by atoms with E-state index >= 15 is 0 Å². The Bertz CT molecular complexity index is 859. The zero-order chi connectivity index (χ0) is 18.4. The molecule has 0 aliphatic rings. The van der Waals surface area contributed by atoms with E-state index in [2.05, 4.69) is 15.3 Å². The van der Waals surface area contributed by atoms with Crippen LogP contribution in [-0.2, 0) is 0 Å². The molecule has 7 N–H and O–H groups in total. The van der Waals surface area contributed by atoms with Gasteiger partial charge in [-0.25, -0.2) is 4.99 Å². The molecule has 0 unspecified atom stereocenters. The van der Waals surface area contributed by atoms with Gasteiger partial charge in [-0.1, -0.05) is 18.2 Å². The van der Waals surface area contributed by atoms with Gasteiger partial charge < -0.3 is 22.5 Å². The summed E-state index contributed by atoms with van der Waals surface area (Å²) in [6, 6.07) is 12.2. The second-order valence-corrected chi connectivity index (χ2v) is 4.79. The minimum atomic E-state index is -0.619. The van der Waals surface area contributed by atoms with Crippen molar-refractivity contribution in [2.24, 2.45) is 27.2 Å². The van der Waals surface area contributed by atoms with E-state index in [0.717, 1.165) is 6.07 Å². The van der Waals surface area contributed by atoms with Gasteiger partial charge in [0.2, 0.25) is 5.96 Å². The SMILES string of the molecule is NC(N)=NC(N)=Nc1ccc([N+](=O)[O-])cc1C(=O)Nc1ccccc1. The first-order chi connectivity index (χ1) is 11.9. The summed E-state index contributed by atoms with van der Waals surface area (Å²) in [5.41, 5.74) is 16.3. The van der Waals surface area contributed by atoms with E-state index in [0.29, 0.717) is 5.69 Å². The third-order valence-corrected chi connectivity index (χ3v) is 2.95. The molecule has 0 aliphatic heterocycles. The smallest absolute Gasteiger partial charge is 0.270 e. The molecule has 2 aromatic carbocycles. The first-order valence-electron chi connectivity index (χ1n) is 6.95. The average molecular weight is 341 g/mol. The fourth-order valence-corrected chi connectivity index (χ4v) is 1.92. The number of nitro benzene ring substituents is 1. The highest BCUT2D eigenvalue weighted by molar-refractivity contribution is 6.08. The van der Waals surface area contributed by atoms with E-state index in [9.17, 15) is 14.9 Å². The lowest BCUT2D eigenvalue weighted by Crippen LogP contribution is -2.26. The Hall–Kier alpha value is -3.95. The fraction of sp³-hybridized carbons (Fsp3) is 0. The van der Waals surface area contributed by atoms with Gasteiger partial charge in [-0.2, -0.15) is 4.99 Å². The van der Waals surface area contributed by atoms with Crippen LogP contribution in [0.2, 0.25) is 0 Å². The second-order valence-electron chi connectivity index (χ2n) is 4.79. The maximum absolute atomic E-state index is 12.5. The lowest BCUT2D eigenvalue weighted by atomic mass is 10.1.